The molecule has 4 nitrogen and oxygen atoms in total. The first-order valence-electron chi connectivity index (χ1n) is 6.62. The molecule has 0 saturated heterocycles. The van der Waals surface area contributed by atoms with Gasteiger partial charge in [-0.2, -0.15) is 0 Å². The van der Waals surface area contributed by atoms with Crippen molar-refractivity contribution in [3.05, 3.63) is 35.7 Å². The molecule has 0 spiro atoms. The number of hydrogen-bond acceptors (Lipinski definition) is 4. The highest BCUT2D eigenvalue weighted by molar-refractivity contribution is 7.14. The van der Waals surface area contributed by atoms with E-state index in [0.717, 1.165) is 22.9 Å². The molecule has 1 heterocycles. The van der Waals surface area contributed by atoms with E-state index in [0.29, 0.717) is 12.3 Å². The van der Waals surface area contributed by atoms with Gasteiger partial charge in [0.2, 0.25) is 0 Å². The molecule has 1 aromatic heterocycles. The second-order valence-electron chi connectivity index (χ2n) is 4.82. The van der Waals surface area contributed by atoms with Crippen LogP contribution < -0.4 is 5.32 Å². The van der Waals surface area contributed by atoms with Gasteiger partial charge in [0.25, 0.3) is 0 Å². The van der Waals surface area contributed by atoms with Crippen molar-refractivity contribution in [2.45, 2.75) is 19.8 Å². The lowest BCUT2D eigenvalue weighted by atomic mass is 10.1. The number of hydrogen-bond donors (Lipinski definition) is 2. The molecule has 1 atom stereocenters. The van der Waals surface area contributed by atoms with Crippen molar-refractivity contribution >= 4 is 22.4 Å². The van der Waals surface area contributed by atoms with Crippen LogP contribution in [0.25, 0.3) is 11.3 Å². The number of rotatable bonds is 7. The number of nitrogens with one attached hydrogen (secondary N) is 1. The number of anilines is 1. The minimum Gasteiger partial charge on any atom is -0.481 e. The molecule has 0 fully saturated rings. The maximum atomic E-state index is 10.5. The van der Waals surface area contributed by atoms with E-state index in [-0.39, 0.29) is 6.42 Å². The van der Waals surface area contributed by atoms with Crippen molar-refractivity contribution < 1.29 is 9.90 Å². The summed E-state index contributed by atoms with van der Waals surface area (Å²) in [5.74, 6) is -0.423. The smallest absolute Gasteiger partial charge is 0.303 e. The van der Waals surface area contributed by atoms with E-state index in [1.165, 1.54) is 0 Å². The lowest BCUT2D eigenvalue weighted by Gasteiger charge is -2.10. The molecule has 1 aromatic carbocycles. The van der Waals surface area contributed by atoms with Crippen molar-refractivity contribution in [3.8, 4) is 11.3 Å². The zero-order chi connectivity index (χ0) is 14.4. The Bertz CT molecular complexity index is 554. The van der Waals surface area contributed by atoms with Gasteiger partial charge in [-0.15, -0.1) is 11.3 Å². The van der Waals surface area contributed by atoms with Gasteiger partial charge in [-0.05, 0) is 12.3 Å². The van der Waals surface area contributed by atoms with E-state index in [4.69, 9.17) is 5.11 Å². The highest BCUT2D eigenvalue weighted by Crippen LogP contribution is 2.24. The summed E-state index contributed by atoms with van der Waals surface area (Å²) in [4.78, 5) is 15.0. The van der Waals surface area contributed by atoms with Crippen LogP contribution in [-0.2, 0) is 4.79 Å². The third-order valence-electron chi connectivity index (χ3n) is 3.03. The molecule has 20 heavy (non-hydrogen) atoms. The zero-order valence-electron chi connectivity index (χ0n) is 11.4. The summed E-state index contributed by atoms with van der Waals surface area (Å²) < 4.78 is 0. The van der Waals surface area contributed by atoms with Crippen LogP contribution >= 0.6 is 11.3 Å². The number of carboxylic acid groups (broad SMARTS) is 1. The second kappa shape index (κ2) is 7.05. The fourth-order valence-electron chi connectivity index (χ4n) is 1.83. The monoisotopic (exact) mass is 290 g/mol. The molecule has 0 radical (unpaired) electrons. The minimum atomic E-state index is -0.738. The molecule has 0 aliphatic rings. The molecule has 106 valence electrons. The van der Waals surface area contributed by atoms with E-state index in [1.54, 1.807) is 11.3 Å². The van der Waals surface area contributed by atoms with E-state index >= 15 is 0 Å². The second-order valence-corrected chi connectivity index (χ2v) is 5.68. The van der Waals surface area contributed by atoms with Gasteiger partial charge < -0.3 is 10.4 Å². The molecule has 2 aromatic rings. The number of carbonyl (C=O) groups is 1. The SMILES string of the molecule is CC(CCC(=O)O)CNc1nc(-c2ccccc2)cs1. The fourth-order valence-corrected chi connectivity index (χ4v) is 2.56. The van der Waals surface area contributed by atoms with E-state index in [2.05, 4.69) is 10.3 Å². The number of aromatic nitrogens is 1. The standard InChI is InChI=1S/C15H18N2O2S/c1-11(7-8-14(18)19)9-16-15-17-13(10-20-15)12-5-3-2-4-6-12/h2-6,10-11H,7-9H2,1H3,(H,16,17)(H,18,19). The zero-order valence-corrected chi connectivity index (χ0v) is 12.2. The highest BCUT2D eigenvalue weighted by Gasteiger charge is 2.08. The maximum Gasteiger partial charge on any atom is 0.303 e. The van der Waals surface area contributed by atoms with Gasteiger partial charge in [-0.25, -0.2) is 4.98 Å². The van der Waals surface area contributed by atoms with E-state index in [9.17, 15) is 4.79 Å². The maximum absolute atomic E-state index is 10.5. The third-order valence-corrected chi connectivity index (χ3v) is 3.83. The molecule has 0 saturated carbocycles. The third kappa shape index (κ3) is 4.35. The normalized spacial score (nSPS) is 12.1. The Hall–Kier alpha value is -1.88. The van der Waals surface area contributed by atoms with Crippen LogP contribution in [0.15, 0.2) is 35.7 Å². The van der Waals surface area contributed by atoms with Crippen LogP contribution in [-0.4, -0.2) is 22.6 Å². The summed E-state index contributed by atoms with van der Waals surface area (Å²) >= 11 is 1.57. The van der Waals surface area contributed by atoms with Crippen LogP contribution in [0.2, 0.25) is 0 Å². The lowest BCUT2D eigenvalue weighted by Crippen LogP contribution is -2.12. The Morgan fingerprint density at radius 1 is 1.40 bits per heavy atom. The van der Waals surface area contributed by atoms with Crippen LogP contribution in [0.4, 0.5) is 5.13 Å². The Kier molecular flexibility index (Phi) is 5.12. The molecular weight excluding hydrogens is 272 g/mol. The van der Waals surface area contributed by atoms with Crippen molar-refractivity contribution in [1.82, 2.24) is 4.98 Å². The number of benzene rings is 1. The van der Waals surface area contributed by atoms with Gasteiger partial charge in [0.1, 0.15) is 0 Å². The van der Waals surface area contributed by atoms with Gasteiger partial charge in [0.15, 0.2) is 5.13 Å². The summed E-state index contributed by atoms with van der Waals surface area (Å²) in [6.07, 6.45) is 0.898. The quantitative estimate of drug-likeness (QED) is 0.815. The van der Waals surface area contributed by atoms with Gasteiger partial charge >= 0.3 is 5.97 Å². The Morgan fingerprint density at radius 2 is 2.15 bits per heavy atom. The Labute approximate surface area is 122 Å². The molecule has 5 heteroatoms. The first-order chi connectivity index (χ1) is 9.65. The number of carboxylic acids is 1. The summed E-state index contributed by atoms with van der Waals surface area (Å²) in [5, 5.41) is 14.8. The van der Waals surface area contributed by atoms with E-state index in [1.807, 2.05) is 42.6 Å². The molecule has 0 bridgehead atoms. The number of aliphatic carboxylic acids is 1. The molecule has 2 N–H and O–H groups in total. The van der Waals surface area contributed by atoms with Crippen molar-refractivity contribution in [1.29, 1.82) is 0 Å². The predicted octanol–water partition coefficient (Wildman–Crippen LogP) is 3.72. The lowest BCUT2D eigenvalue weighted by molar-refractivity contribution is -0.137. The summed E-state index contributed by atoms with van der Waals surface area (Å²) in [7, 11) is 0. The van der Waals surface area contributed by atoms with Crippen LogP contribution in [0, 0.1) is 5.92 Å². The molecule has 0 amide bonds. The fraction of sp³-hybridized carbons (Fsp3) is 0.333. The van der Waals surface area contributed by atoms with Crippen molar-refractivity contribution in [3.63, 3.8) is 0 Å². The molecule has 0 aliphatic heterocycles. The first kappa shape index (κ1) is 14.5. The molecular formula is C15H18N2O2S. The highest BCUT2D eigenvalue weighted by atomic mass is 32.1. The van der Waals surface area contributed by atoms with Crippen molar-refractivity contribution in [2.75, 3.05) is 11.9 Å². The molecule has 2 rings (SSSR count). The van der Waals surface area contributed by atoms with Crippen LogP contribution in [0.1, 0.15) is 19.8 Å². The number of thiazole rings is 1. The van der Waals surface area contributed by atoms with Crippen molar-refractivity contribution in [2.24, 2.45) is 5.92 Å². The summed E-state index contributed by atoms with van der Waals surface area (Å²) in [6, 6.07) is 10.0. The van der Waals surface area contributed by atoms with Gasteiger partial charge in [-0.3, -0.25) is 4.79 Å². The van der Waals surface area contributed by atoms with Crippen LogP contribution in [0.3, 0.4) is 0 Å². The van der Waals surface area contributed by atoms with Gasteiger partial charge in [0.05, 0.1) is 5.69 Å². The molecule has 1 unspecified atom stereocenters. The largest absolute Gasteiger partial charge is 0.481 e. The van der Waals surface area contributed by atoms with Gasteiger partial charge in [0, 0.05) is 23.9 Å². The summed E-state index contributed by atoms with van der Waals surface area (Å²) in [6.45, 7) is 2.79. The average Bonchev–Trinajstić information content (AvgIpc) is 2.93. The predicted molar refractivity (Wildman–Crippen MR) is 82.1 cm³/mol. The molecule has 0 aliphatic carbocycles. The Balaban J connectivity index is 1.86. The number of nitrogens with zero attached hydrogens (tertiary/aromatic N) is 1. The summed E-state index contributed by atoms with van der Waals surface area (Å²) in [5.41, 5.74) is 2.08. The Morgan fingerprint density at radius 3 is 2.85 bits per heavy atom. The van der Waals surface area contributed by atoms with E-state index < -0.39 is 5.97 Å². The first-order valence-corrected chi connectivity index (χ1v) is 7.49. The van der Waals surface area contributed by atoms with Crippen LogP contribution in [0.5, 0.6) is 0 Å². The topological polar surface area (TPSA) is 62.2 Å². The minimum absolute atomic E-state index is 0.218. The average molecular weight is 290 g/mol. The van der Waals surface area contributed by atoms with Gasteiger partial charge in [-0.1, -0.05) is 37.3 Å².